The molecule has 4 nitrogen and oxygen atoms in total. The normalized spacial score (nSPS) is 14.6. The number of hydrogen-bond donors (Lipinski definition) is 2. The summed E-state index contributed by atoms with van der Waals surface area (Å²) in [5.41, 5.74) is 5.63. The Bertz CT molecular complexity index is 298. The summed E-state index contributed by atoms with van der Waals surface area (Å²) in [6.07, 6.45) is 2.56. The average molecular weight is 227 g/mol. The molecular formula is C10H17N3OS. The van der Waals surface area contributed by atoms with Crippen LogP contribution >= 0.6 is 11.3 Å². The molecule has 5 heteroatoms. The number of carbonyl (C=O) groups is 1. The van der Waals surface area contributed by atoms with Crippen molar-refractivity contribution in [2.24, 2.45) is 11.7 Å². The van der Waals surface area contributed by atoms with Crippen LogP contribution < -0.4 is 11.1 Å². The number of aromatic nitrogens is 1. The van der Waals surface area contributed by atoms with Crippen molar-refractivity contribution < 1.29 is 4.79 Å². The highest BCUT2D eigenvalue weighted by atomic mass is 32.1. The molecule has 0 spiro atoms. The Balaban J connectivity index is 2.23. The van der Waals surface area contributed by atoms with Gasteiger partial charge in [-0.1, -0.05) is 6.92 Å². The van der Waals surface area contributed by atoms with E-state index in [0.717, 1.165) is 11.4 Å². The van der Waals surface area contributed by atoms with Gasteiger partial charge >= 0.3 is 0 Å². The van der Waals surface area contributed by atoms with Crippen LogP contribution in [0.4, 0.5) is 0 Å². The van der Waals surface area contributed by atoms with Crippen molar-refractivity contribution in [3.05, 3.63) is 16.6 Å². The van der Waals surface area contributed by atoms with E-state index in [9.17, 15) is 4.79 Å². The minimum absolute atomic E-state index is 0.0153. The molecule has 0 radical (unpaired) electrons. The molecule has 1 aromatic heterocycles. The highest BCUT2D eigenvalue weighted by Crippen LogP contribution is 2.04. The fourth-order valence-corrected chi connectivity index (χ4v) is 1.69. The topological polar surface area (TPSA) is 68.0 Å². The molecule has 1 rings (SSSR count). The number of nitrogens with one attached hydrogen (secondary N) is 1. The zero-order chi connectivity index (χ0) is 11.3. The van der Waals surface area contributed by atoms with Gasteiger partial charge in [0.15, 0.2) is 0 Å². The van der Waals surface area contributed by atoms with Crippen LogP contribution in [0.2, 0.25) is 0 Å². The number of nitrogens with two attached hydrogens (primary N) is 1. The summed E-state index contributed by atoms with van der Waals surface area (Å²) >= 11 is 1.60. The third kappa shape index (κ3) is 3.97. The van der Waals surface area contributed by atoms with Crippen molar-refractivity contribution in [1.82, 2.24) is 10.3 Å². The quantitative estimate of drug-likeness (QED) is 0.781. The molecule has 0 bridgehead atoms. The minimum atomic E-state index is -0.138. The Morgan fingerprint density at radius 1 is 1.67 bits per heavy atom. The summed E-state index contributed by atoms with van der Waals surface area (Å²) in [5, 5.41) is 5.83. The van der Waals surface area contributed by atoms with Crippen LogP contribution in [0.15, 0.2) is 11.6 Å². The lowest BCUT2D eigenvalue weighted by Gasteiger charge is -2.14. The van der Waals surface area contributed by atoms with Gasteiger partial charge in [-0.3, -0.25) is 4.79 Å². The van der Waals surface area contributed by atoms with E-state index in [2.05, 4.69) is 10.3 Å². The van der Waals surface area contributed by atoms with Gasteiger partial charge in [0.25, 0.3) is 0 Å². The van der Waals surface area contributed by atoms with Crippen molar-refractivity contribution in [3.8, 4) is 0 Å². The summed E-state index contributed by atoms with van der Waals surface area (Å²) < 4.78 is 0. The maximum atomic E-state index is 11.5. The number of carbonyl (C=O) groups excluding carboxylic acids is 1. The van der Waals surface area contributed by atoms with Crippen molar-refractivity contribution in [2.45, 2.75) is 26.3 Å². The molecule has 2 atom stereocenters. The second-order valence-electron chi connectivity index (χ2n) is 3.61. The molecule has 0 aromatic carbocycles. The van der Waals surface area contributed by atoms with Crippen molar-refractivity contribution in [3.63, 3.8) is 0 Å². The fourth-order valence-electron chi connectivity index (χ4n) is 1.07. The maximum absolute atomic E-state index is 11.5. The first kappa shape index (κ1) is 12.1. The van der Waals surface area contributed by atoms with Crippen LogP contribution in [0.25, 0.3) is 0 Å². The van der Waals surface area contributed by atoms with Crippen molar-refractivity contribution in [2.75, 3.05) is 6.54 Å². The third-order valence-corrected chi connectivity index (χ3v) is 3.16. The van der Waals surface area contributed by atoms with E-state index in [1.165, 1.54) is 0 Å². The Hall–Kier alpha value is -0.940. The van der Waals surface area contributed by atoms with Gasteiger partial charge in [0.2, 0.25) is 5.91 Å². The molecule has 1 heterocycles. The molecule has 0 aliphatic heterocycles. The number of rotatable bonds is 5. The van der Waals surface area contributed by atoms with Gasteiger partial charge in [-0.25, -0.2) is 4.98 Å². The Labute approximate surface area is 93.9 Å². The Morgan fingerprint density at radius 3 is 2.93 bits per heavy atom. The van der Waals surface area contributed by atoms with Gasteiger partial charge in [0, 0.05) is 36.5 Å². The predicted octanol–water partition coefficient (Wildman–Crippen LogP) is 0.785. The van der Waals surface area contributed by atoms with Gasteiger partial charge in [0.05, 0.1) is 5.01 Å². The van der Waals surface area contributed by atoms with Crippen LogP contribution in [-0.4, -0.2) is 23.5 Å². The molecule has 0 fully saturated rings. The molecule has 3 N–H and O–H groups in total. The standard InChI is InChI=1S/C10H17N3OS/c1-7(8(2)11)10(14)13-4-3-9-12-5-6-15-9/h5-8H,3-4,11H2,1-2H3,(H,13,14). The average Bonchev–Trinajstić information content (AvgIpc) is 2.69. The number of amides is 1. The first-order chi connectivity index (χ1) is 7.11. The molecule has 84 valence electrons. The maximum Gasteiger partial charge on any atom is 0.224 e. The monoisotopic (exact) mass is 227 g/mol. The first-order valence-corrected chi connectivity index (χ1v) is 5.91. The van der Waals surface area contributed by atoms with Gasteiger partial charge in [-0.2, -0.15) is 0 Å². The van der Waals surface area contributed by atoms with E-state index >= 15 is 0 Å². The summed E-state index contributed by atoms with van der Waals surface area (Å²) in [6, 6.07) is -0.107. The van der Waals surface area contributed by atoms with Gasteiger partial charge in [-0.15, -0.1) is 11.3 Å². The van der Waals surface area contributed by atoms with Crippen LogP contribution in [0, 0.1) is 5.92 Å². The zero-order valence-corrected chi connectivity index (χ0v) is 9.88. The first-order valence-electron chi connectivity index (χ1n) is 5.03. The summed E-state index contributed by atoms with van der Waals surface area (Å²) in [4.78, 5) is 15.6. The van der Waals surface area contributed by atoms with E-state index < -0.39 is 0 Å². The van der Waals surface area contributed by atoms with E-state index in [4.69, 9.17) is 5.73 Å². The van der Waals surface area contributed by atoms with Crippen LogP contribution in [-0.2, 0) is 11.2 Å². The molecule has 0 saturated heterocycles. The fraction of sp³-hybridized carbons (Fsp3) is 0.600. The second-order valence-corrected chi connectivity index (χ2v) is 4.59. The lowest BCUT2D eigenvalue weighted by Crippen LogP contribution is -2.39. The lowest BCUT2D eigenvalue weighted by atomic mass is 10.0. The molecule has 15 heavy (non-hydrogen) atoms. The minimum Gasteiger partial charge on any atom is -0.355 e. The van der Waals surface area contributed by atoms with Crippen LogP contribution in [0.5, 0.6) is 0 Å². The van der Waals surface area contributed by atoms with Gasteiger partial charge < -0.3 is 11.1 Å². The summed E-state index contributed by atoms with van der Waals surface area (Å²) in [5.74, 6) is -0.122. The van der Waals surface area contributed by atoms with E-state index in [0.29, 0.717) is 6.54 Å². The Kier molecular flexibility index (Phi) is 4.71. The summed E-state index contributed by atoms with van der Waals surface area (Å²) in [6.45, 7) is 4.30. The van der Waals surface area contributed by atoms with E-state index in [-0.39, 0.29) is 17.9 Å². The van der Waals surface area contributed by atoms with Gasteiger partial charge in [-0.05, 0) is 6.92 Å². The van der Waals surface area contributed by atoms with Crippen molar-refractivity contribution in [1.29, 1.82) is 0 Å². The molecule has 0 aliphatic rings. The molecule has 0 aliphatic carbocycles. The molecule has 2 unspecified atom stereocenters. The van der Waals surface area contributed by atoms with Crippen molar-refractivity contribution >= 4 is 17.2 Å². The molecule has 1 amide bonds. The van der Waals surface area contributed by atoms with Crippen LogP contribution in [0.3, 0.4) is 0 Å². The molecular weight excluding hydrogens is 210 g/mol. The predicted molar refractivity (Wildman–Crippen MR) is 61.6 cm³/mol. The summed E-state index contributed by atoms with van der Waals surface area (Å²) in [7, 11) is 0. The van der Waals surface area contributed by atoms with E-state index in [1.807, 2.05) is 19.2 Å². The van der Waals surface area contributed by atoms with Crippen LogP contribution in [0.1, 0.15) is 18.9 Å². The second kappa shape index (κ2) is 5.82. The zero-order valence-electron chi connectivity index (χ0n) is 9.06. The largest absolute Gasteiger partial charge is 0.355 e. The molecule has 0 saturated carbocycles. The van der Waals surface area contributed by atoms with E-state index in [1.54, 1.807) is 17.5 Å². The SMILES string of the molecule is CC(N)C(C)C(=O)NCCc1nccs1. The number of thiazole rings is 1. The highest BCUT2D eigenvalue weighted by molar-refractivity contribution is 7.09. The van der Waals surface area contributed by atoms with Gasteiger partial charge in [0.1, 0.15) is 0 Å². The number of hydrogen-bond acceptors (Lipinski definition) is 4. The highest BCUT2D eigenvalue weighted by Gasteiger charge is 2.16. The molecule has 1 aromatic rings. The Morgan fingerprint density at radius 2 is 2.40 bits per heavy atom. The smallest absolute Gasteiger partial charge is 0.224 e. The third-order valence-electron chi connectivity index (χ3n) is 2.32. The number of nitrogens with zero attached hydrogens (tertiary/aromatic N) is 1. The lowest BCUT2D eigenvalue weighted by molar-refractivity contribution is -0.124.